The first-order valence-electron chi connectivity index (χ1n) is 5.96. The summed E-state index contributed by atoms with van der Waals surface area (Å²) >= 11 is 0. The van der Waals surface area contributed by atoms with Gasteiger partial charge >= 0.3 is 0 Å². The quantitative estimate of drug-likeness (QED) is 0.837. The summed E-state index contributed by atoms with van der Waals surface area (Å²) in [7, 11) is -3.15. The summed E-state index contributed by atoms with van der Waals surface area (Å²) in [5.41, 5.74) is 0.571. The second-order valence-electron chi connectivity index (χ2n) is 4.93. The number of nitrogens with zero attached hydrogens (tertiary/aromatic N) is 1. The molecule has 0 spiro atoms. The summed E-state index contributed by atoms with van der Waals surface area (Å²) in [6, 6.07) is 2.47. The van der Waals surface area contributed by atoms with Crippen LogP contribution in [0.25, 0.3) is 0 Å². The molecule has 1 aromatic heterocycles. The van der Waals surface area contributed by atoms with Gasteiger partial charge in [-0.25, -0.2) is 12.8 Å². The lowest BCUT2D eigenvalue weighted by atomic mass is 10.1. The van der Waals surface area contributed by atoms with E-state index in [2.05, 4.69) is 10.3 Å². The summed E-state index contributed by atoms with van der Waals surface area (Å²) in [5, 5.41) is 2.65. The molecular weight excluding hydrogens is 255 g/mol. The minimum Gasteiger partial charge on any atom is -0.307 e. The fourth-order valence-corrected chi connectivity index (χ4v) is 4.09. The Bertz CT molecular complexity index is 515. The fourth-order valence-electron chi connectivity index (χ4n) is 2.23. The van der Waals surface area contributed by atoms with Crippen molar-refractivity contribution in [2.24, 2.45) is 5.92 Å². The van der Waals surface area contributed by atoms with Crippen molar-refractivity contribution >= 4 is 9.84 Å². The second-order valence-corrected chi connectivity index (χ2v) is 7.33. The summed E-state index contributed by atoms with van der Waals surface area (Å²) in [4.78, 5) is 3.98. The Balaban J connectivity index is 2.34. The maximum atomic E-state index is 12.8. The minimum absolute atomic E-state index is 0.0721. The first-order chi connectivity index (χ1) is 8.40. The molecule has 2 heterocycles. The van der Waals surface area contributed by atoms with Gasteiger partial charge < -0.3 is 5.32 Å². The fraction of sp³-hybridized carbons (Fsp3) is 0.583. The molecule has 1 fully saturated rings. The Morgan fingerprint density at radius 1 is 1.39 bits per heavy atom. The largest absolute Gasteiger partial charge is 0.307 e. The molecule has 4 nitrogen and oxygen atoms in total. The number of sulfone groups is 1. The van der Waals surface area contributed by atoms with Gasteiger partial charge in [-0.1, -0.05) is 6.92 Å². The highest BCUT2D eigenvalue weighted by Crippen LogP contribution is 2.25. The van der Waals surface area contributed by atoms with Crippen LogP contribution in [0.2, 0.25) is 0 Å². The molecule has 1 aromatic rings. The van der Waals surface area contributed by atoms with Crippen molar-refractivity contribution in [3.63, 3.8) is 0 Å². The highest BCUT2D eigenvalue weighted by molar-refractivity contribution is 7.92. The van der Waals surface area contributed by atoms with Crippen molar-refractivity contribution in [1.82, 2.24) is 10.3 Å². The van der Waals surface area contributed by atoms with Crippen molar-refractivity contribution in [1.29, 1.82) is 0 Å². The van der Waals surface area contributed by atoms with Gasteiger partial charge in [0.25, 0.3) is 0 Å². The van der Waals surface area contributed by atoms with Crippen LogP contribution in [0.4, 0.5) is 4.39 Å². The lowest BCUT2D eigenvalue weighted by Gasteiger charge is -2.21. The van der Waals surface area contributed by atoms with Gasteiger partial charge in [0, 0.05) is 0 Å². The van der Waals surface area contributed by atoms with E-state index in [4.69, 9.17) is 0 Å². The Morgan fingerprint density at radius 3 is 2.72 bits per heavy atom. The van der Waals surface area contributed by atoms with Gasteiger partial charge in [-0.05, 0) is 31.5 Å². The number of halogens is 1. The molecule has 18 heavy (non-hydrogen) atoms. The lowest BCUT2D eigenvalue weighted by molar-refractivity contribution is 0.477. The highest BCUT2D eigenvalue weighted by atomic mass is 32.2. The molecular formula is C12H17FN2O2S. The third-order valence-electron chi connectivity index (χ3n) is 3.31. The van der Waals surface area contributed by atoms with Crippen LogP contribution in [0.15, 0.2) is 18.3 Å². The molecule has 1 N–H and O–H groups in total. The molecule has 0 bridgehead atoms. The Hall–Kier alpha value is -1.01. The van der Waals surface area contributed by atoms with E-state index in [0.29, 0.717) is 12.2 Å². The van der Waals surface area contributed by atoms with E-state index < -0.39 is 20.9 Å². The average molecular weight is 272 g/mol. The highest BCUT2D eigenvalue weighted by Gasteiger charge is 2.35. The molecule has 3 unspecified atom stereocenters. The third-order valence-corrected chi connectivity index (χ3v) is 5.75. The molecule has 0 amide bonds. The van der Waals surface area contributed by atoms with Gasteiger partial charge in [-0.2, -0.15) is 0 Å². The van der Waals surface area contributed by atoms with Gasteiger partial charge in [0.1, 0.15) is 5.82 Å². The molecule has 1 aliphatic heterocycles. The summed E-state index contributed by atoms with van der Waals surface area (Å²) < 4.78 is 37.1. The number of hydrogen-bond donors (Lipinski definition) is 1. The standard InChI is InChI=1S/C12H17FN2O2S/c1-8-5-15-12(9(2)18(16,17)7-8)11-4-3-10(13)6-14-11/h3-4,6,8-9,12,15H,5,7H2,1-2H3. The topological polar surface area (TPSA) is 59.1 Å². The number of nitrogens with one attached hydrogen (secondary N) is 1. The molecule has 6 heteroatoms. The molecule has 0 aliphatic carbocycles. The zero-order valence-electron chi connectivity index (χ0n) is 10.4. The minimum atomic E-state index is -3.15. The summed E-state index contributed by atoms with van der Waals surface area (Å²) in [6.45, 7) is 4.20. The molecule has 0 aromatic carbocycles. The van der Waals surface area contributed by atoms with Crippen LogP contribution in [0.1, 0.15) is 25.6 Å². The van der Waals surface area contributed by atoms with Crippen molar-refractivity contribution in [2.45, 2.75) is 25.1 Å². The number of rotatable bonds is 1. The molecule has 100 valence electrons. The first-order valence-corrected chi connectivity index (χ1v) is 7.68. The number of hydrogen-bond acceptors (Lipinski definition) is 4. The zero-order chi connectivity index (χ0) is 13.3. The molecule has 3 atom stereocenters. The van der Waals surface area contributed by atoms with Crippen LogP contribution >= 0.6 is 0 Å². The SMILES string of the molecule is CC1CNC(c2ccc(F)cn2)C(C)S(=O)(=O)C1. The van der Waals surface area contributed by atoms with Crippen LogP contribution < -0.4 is 5.32 Å². The molecule has 1 saturated heterocycles. The van der Waals surface area contributed by atoms with Crippen LogP contribution in [0.3, 0.4) is 0 Å². The predicted octanol–water partition coefficient (Wildman–Crippen LogP) is 1.30. The van der Waals surface area contributed by atoms with Gasteiger partial charge in [-0.15, -0.1) is 0 Å². The van der Waals surface area contributed by atoms with E-state index in [1.54, 1.807) is 6.92 Å². The van der Waals surface area contributed by atoms with E-state index >= 15 is 0 Å². The maximum Gasteiger partial charge on any atom is 0.155 e. The van der Waals surface area contributed by atoms with E-state index in [1.165, 1.54) is 12.1 Å². The molecule has 0 radical (unpaired) electrons. The second kappa shape index (κ2) is 4.93. The smallest absolute Gasteiger partial charge is 0.155 e. The molecule has 0 saturated carbocycles. The van der Waals surface area contributed by atoms with Gasteiger partial charge in [0.15, 0.2) is 9.84 Å². The van der Waals surface area contributed by atoms with Gasteiger partial charge in [0.05, 0.1) is 28.9 Å². The number of pyridine rings is 1. The molecule has 1 aliphatic rings. The zero-order valence-corrected chi connectivity index (χ0v) is 11.2. The van der Waals surface area contributed by atoms with Crippen LogP contribution in [0.5, 0.6) is 0 Å². The maximum absolute atomic E-state index is 12.8. The monoisotopic (exact) mass is 272 g/mol. The third kappa shape index (κ3) is 2.70. The molecule has 2 rings (SSSR count). The van der Waals surface area contributed by atoms with Crippen molar-refractivity contribution in [3.05, 3.63) is 29.8 Å². The summed E-state index contributed by atoms with van der Waals surface area (Å²) in [5.74, 6) is -0.169. The van der Waals surface area contributed by atoms with E-state index in [0.717, 1.165) is 6.20 Å². The van der Waals surface area contributed by atoms with Crippen molar-refractivity contribution in [3.8, 4) is 0 Å². The Morgan fingerprint density at radius 2 is 2.11 bits per heavy atom. The van der Waals surface area contributed by atoms with Crippen LogP contribution in [0, 0.1) is 11.7 Å². The summed E-state index contributed by atoms with van der Waals surface area (Å²) in [6.07, 6.45) is 1.12. The van der Waals surface area contributed by atoms with Crippen molar-refractivity contribution < 1.29 is 12.8 Å². The van der Waals surface area contributed by atoms with E-state index in [1.807, 2.05) is 6.92 Å². The lowest BCUT2D eigenvalue weighted by Crippen LogP contribution is -2.33. The average Bonchev–Trinajstić information content (AvgIpc) is 2.39. The van der Waals surface area contributed by atoms with Crippen LogP contribution in [-0.2, 0) is 9.84 Å². The normalized spacial score (nSPS) is 31.8. The van der Waals surface area contributed by atoms with Gasteiger partial charge in [0.2, 0.25) is 0 Å². The van der Waals surface area contributed by atoms with E-state index in [-0.39, 0.29) is 17.7 Å². The van der Waals surface area contributed by atoms with Crippen LogP contribution in [-0.4, -0.2) is 30.9 Å². The van der Waals surface area contributed by atoms with Crippen molar-refractivity contribution in [2.75, 3.05) is 12.3 Å². The Kier molecular flexibility index (Phi) is 3.68. The first kappa shape index (κ1) is 13.4. The van der Waals surface area contributed by atoms with Gasteiger partial charge in [-0.3, -0.25) is 4.98 Å². The number of aromatic nitrogens is 1. The Labute approximate surface area is 107 Å². The van der Waals surface area contributed by atoms with E-state index in [9.17, 15) is 12.8 Å². The predicted molar refractivity (Wildman–Crippen MR) is 67.4 cm³/mol.